The molecule has 0 saturated carbocycles. The second-order valence-electron chi connectivity index (χ2n) is 4.89. The third-order valence-corrected chi connectivity index (χ3v) is 4.03. The lowest BCUT2D eigenvalue weighted by molar-refractivity contribution is 0.365. The third kappa shape index (κ3) is 4.79. The van der Waals surface area contributed by atoms with Crippen molar-refractivity contribution in [2.24, 2.45) is 5.92 Å². The van der Waals surface area contributed by atoms with Gasteiger partial charge in [0.05, 0.1) is 0 Å². The summed E-state index contributed by atoms with van der Waals surface area (Å²) in [5.74, 6) is 0.642. The minimum absolute atomic E-state index is 0.480. The summed E-state index contributed by atoms with van der Waals surface area (Å²) in [6, 6.07) is 6.25. The molecule has 0 fully saturated rings. The summed E-state index contributed by atoms with van der Waals surface area (Å²) in [5, 5.41) is 5.09. The van der Waals surface area contributed by atoms with Gasteiger partial charge in [0.15, 0.2) is 0 Å². The van der Waals surface area contributed by atoms with E-state index in [9.17, 15) is 0 Å². The summed E-state index contributed by atoms with van der Waals surface area (Å²) >= 11 is 12.2. The maximum Gasteiger partial charge on any atom is 0.0453 e. The van der Waals surface area contributed by atoms with Crippen LogP contribution in [0, 0.1) is 5.92 Å². The Morgan fingerprint density at radius 3 is 2.50 bits per heavy atom. The van der Waals surface area contributed by atoms with Gasteiger partial charge in [0.25, 0.3) is 0 Å². The van der Waals surface area contributed by atoms with Crippen LogP contribution in [0.15, 0.2) is 18.2 Å². The van der Waals surface area contributed by atoms with Crippen LogP contribution in [-0.4, -0.2) is 12.6 Å². The number of halogens is 2. The highest BCUT2D eigenvalue weighted by atomic mass is 35.5. The van der Waals surface area contributed by atoms with Crippen molar-refractivity contribution < 1.29 is 0 Å². The molecule has 0 bridgehead atoms. The molecule has 0 heterocycles. The lowest BCUT2D eigenvalue weighted by atomic mass is 9.93. The fraction of sp³-hybridized carbons (Fsp3) is 0.600. The first-order chi connectivity index (χ1) is 8.58. The van der Waals surface area contributed by atoms with E-state index < -0.39 is 0 Å². The number of rotatable bonds is 7. The molecular weight excluding hydrogens is 265 g/mol. The highest BCUT2D eigenvalue weighted by molar-refractivity contribution is 6.35. The van der Waals surface area contributed by atoms with Crippen LogP contribution in [0.2, 0.25) is 10.0 Å². The second kappa shape index (κ2) is 8.04. The van der Waals surface area contributed by atoms with Crippen molar-refractivity contribution in [3.05, 3.63) is 33.8 Å². The molecule has 0 aromatic heterocycles. The molecule has 1 N–H and O–H groups in total. The molecule has 0 spiro atoms. The van der Waals surface area contributed by atoms with Crippen LogP contribution in [0.3, 0.4) is 0 Å². The minimum atomic E-state index is 0.480. The van der Waals surface area contributed by atoms with Gasteiger partial charge in [-0.05, 0) is 43.0 Å². The Balaban J connectivity index is 2.75. The standard InChI is InChI=1S/C15H23Cl2N/c1-4-8-18-15(11(3)5-2)9-12-6-7-13(16)10-14(12)17/h6-7,10-11,15,18H,4-5,8-9H2,1-3H3. The van der Waals surface area contributed by atoms with Gasteiger partial charge in [-0.3, -0.25) is 0 Å². The molecule has 0 amide bonds. The van der Waals surface area contributed by atoms with Crippen LogP contribution < -0.4 is 5.32 Å². The van der Waals surface area contributed by atoms with Gasteiger partial charge in [-0.15, -0.1) is 0 Å². The Kier molecular flexibility index (Phi) is 7.06. The topological polar surface area (TPSA) is 12.0 Å². The first-order valence-corrected chi connectivity index (χ1v) is 7.51. The summed E-state index contributed by atoms with van der Waals surface area (Å²) in [7, 11) is 0. The van der Waals surface area contributed by atoms with E-state index in [0.717, 1.165) is 24.4 Å². The van der Waals surface area contributed by atoms with Gasteiger partial charge in [-0.2, -0.15) is 0 Å². The Morgan fingerprint density at radius 1 is 1.22 bits per heavy atom. The van der Waals surface area contributed by atoms with Gasteiger partial charge in [0.1, 0.15) is 0 Å². The van der Waals surface area contributed by atoms with Crippen molar-refractivity contribution in [2.75, 3.05) is 6.54 Å². The smallest absolute Gasteiger partial charge is 0.0453 e. The Morgan fingerprint density at radius 2 is 1.94 bits per heavy atom. The Hall–Kier alpha value is -0.240. The average molecular weight is 288 g/mol. The molecule has 2 unspecified atom stereocenters. The molecule has 0 aliphatic heterocycles. The maximum absolute atomic E-state index is 6.24. The van der Waals surface area contributed by atoms with Gasteiger partial charge >= 0.3 is 0 Å². The van der Waals surface area contributed by atoms with E-state index in [4.69, 9.17) is 23.2 Å². The number of nitrogens with one attached hydrogen (secondary N) is 1. The van der Waals surface area contributed by atoms with Crippen LogP contribution >= 0.6 is 23.2 Å². The van der Waals surface area contributed by atoms with E-state index >= 15 is 0 Å². The van der Waals surface area contributed by atoms with Gasteiger partial charge in [0, 0.05) is 16.1 Å². The molecule has 0 saturated heterocycles. The monoisotopic (exact) mass is 287 g/mol. The molecule has 0 aliphatic carbocycles. The number of hydrogen-bond donors (Lipinski definition) is 1. The average Bonchev–Trinajstić information content (AvgIpc) is 2.36. The zero-order valence-electron chi connectivity index (χ0n) is 11.5. The van der Waals surface area contributed by atoms with E-state index in [-0.39, 0.29) is 0 Å². The van der Waals surface area contributed by atoms with Crippen LogP contribution in [0.25, 0.3) is 0 Å². The predicted octanol–water partition coefficient (Wildman–Crippen LogP) is 4.95. The van der Waals surface area contributed by atoms with Crippen LogP contribution in [-0.2, 0) is 6.42 Å². The highest BCUT2D eigenvalue weighted by Gasteiger charge is 2.16. The molecule has 1 rings (SSSR count). The molecule has 0 radical (unpaired) electrons. The van der Waals surface area contributed by atoms with E-state index in [0.29, 0.717) is 17.0 Å². The zero-order valence-corrected chi connectivity index (χ0v) is 13.0. The zero-order chi connectivity index (χ0) is 13.5. The van der Waals surface area contributed by atoms with Gasteiger partial charge < -0.3 is 5.32 Å². The van der Waals surface area contributed by atoms with Crippen molar-refractivity contribution in [1.82, 2.24) is 5.32 Å². The van der Waals surface area contributed by atoms with Crippen molar-refractivity contribution in [2.45, 2.75) is 46.1 Å². The summed E-state index contributed by atoms with van der Waals surface area (Å²) in [4.78, 5) is 0. The summed E-state index contributed by atoms with van der Waals surface area (Å²) < 4.78 is 0. The minimum Gasteiger partial charge on any atom is -0.313 e. The van der Waals surface area contributed by atoms with Crippen molar-refractivity contribution >= 4 is 23.2 Å². The highest BCUT2D eigenvalue weighted by Crippen LogP contribution is 2.24. The molecule has 102 valence electrons. The first kappa shape index (κ1) is 15.8. The van der Waals surface area contributed by atoms with Gasteiger partial charge in [-0.1, -0.05) is 56.5 Å². The quantitative estimate of drug-likeness (QED) is 0.748. The SMILES string of the molecule is CCCNC(Cc1ccc(Cl)cc1Cl)C(C)CC. The van der Waals surface area contributed by atoms with E-state index in [2.05, 4.69) is 26.1 Å². The van der Waals surface area contributed by atoms with Crippen LogP contribution in [0.5, 0.6) is 0 Å². The second-order valence-corrected chi connectivity index (χ2v) is 5.73. The Labute approximate surface area is 121 Å². The largest absolute Gasteiger partial charge is 0.313 e. The molecule has 0 aliphatic rings. The summed E-state index contributed by atoms with van der Waals surface area (Å²) in [6.07, 6.45) is 3.29. The predicted molar refractivity (Wildman–Crippen MR) is 81.7 cm³/mol. The van der Waals surface area contributed by atoms with Gasteiger partial charge in [0.2, 0.25) is 0 Å². The van der Waals surface area contributed by atoms with Gasteiger partial charge in [-0.25, -0.2) is 0 Å². The van der Waals surface area contributed by atoms with Crippen molar-refractivity contribution in [3.63, 3.8) is 0 Å². The lowest BCUT2D eigenvalue weighted by Gasteiger charge is -2.25. The summed E-state index contributed by atoms with van der Waals surface area (Å²) in [5.41, 5.74) is 1.18. The summed E-state index contributed by atoms with van der Waals surface area (Å²) in [6.45, 7) is 7.77. The molecule has 1 aromatic carbocycles. The van der Waals surface area contributed by atoms with Crippen LogP contribution in [0.4, 0.5) is 0 Å². The fourth-order valence-electron chi connectivity index (χ4n) is 2.01. The third-order valence-electron chi connectivity index (χ3n) is 3.44. The van der Waals surface area contributed by atoms with Crippen LogP contribution in [0.1, 0.15) is 39.2 Å². The lowest BCUT2D eigenvalue weighted by Crippen LogP contribution is -2.37. The molecule has 2 atom stereocenters. The van der Waals surface area contributed by atoms with Crippen molar-refractivity contribution in [3.8, 4) is 0 Å². The van der Waals surface area contributed by atoms with E-state index in [1.807, 2.05) is 18.2 Å². The molecule has 18 heavy (non-hydrogen) atoms. The Bertz CT molecular complexity index is 366. The molecule has 1 nitrogen and oxygen atoms in total. The maximum atomic E-state index is 6.24. The number of benzene rings is 1. The molecular formula is C15H23Cl2N. The molecule has 1 aromatic rings. The fourth-order valence-corrected chi connectivity index (χ4v) is 2.50. The van der Waals surface area contributed by atoms with E-state index in [1.54, 1.807) is 0 Å². The van der Waals surface area contributed by atoms with Crippen molar-refractivity contribution in [1.29, 1.82) is 0 Å². The normalized spacial score (nSPS) is 14.5. The first-order valence-electron chi connectivity index (χ1n) is 6.75. The molecule has 3 heteroatoms. The number of hydrogen-bond acceptors (Lipinski definition) is 1. The van der Waals surface area contributed by atoms with E-state index in [1.165, 1.54) is 12.0 Å².